The van der Waals surface area contributed by atoms with E-state index in [-0.39, 0.29) is 9.52 Å². The van der Waals surface area contributed by atoms with Crippen molar-refractivity contribution in [2.45, 2.75) is 0 Å². The maximum Gasteiger partial charge on any atom is 0.103 e. The summed E-state index contributed by atoms with van der Waals surface area (Å²) in [6.45, 7) is 0. The number of hydrogen-bond acceptors (Lipinski definition) is 0. The van der Waals surface area contributed by atoms with E-state index in [0.29, 0.717) is 0 Å². The molecule has 4 heteroatoms. The fourth-order valence-corrected chi connectivity index (χ4v) is 2.83. The average molecular weight is 411 g/mol. The van der Waals surface area contributed by atoms with Gasteiger partial charge in [0.25, 0.3) is 0 Å². The van der Waals surface area contributed by atoms with Crippen molar-refractivity contribution in [2.24, 2.45) is 0 Å². The van der Waals surface area contributed by atoms with E-state index in [9.17, 15) is 0 Å². The largest absolute Gasteiger partial charge is 0.214 e. The molecule has 0 saturated carbocycles. The Morgan fingerprint density at radius 3 is 1.33 bits per heavy atom. The van der Waals surface area contributed by atoms with Gasteiger partial charge in [-0.1, -0.05) is 71.0 Å². The first-order valence-electron chi connectivity index (χ1n) is 6.44. The normalized spacial score (nSPS) is 8.67. The van der Waals surface area contributed by atoms with Crippen LogP contribution in [-0.4, -0.2) is 9.52 Å². The Kier molecular flexibility index (Phi) is 11.6. The molecule has 3 aromatic rings. The molecule has 0 bridgehead atoms. The first-order chi connectivity index (χ1) is 10.4. The van der Waals surface area contributed by atoms with Gasteiger partial charge in [-0.15, -0.1) is 0 Å². The van der Waals surface area contributed by atoms with Gasteiger partial charge in [-0.3, -0.25) is 0 Å². The molecule has 0 unspecified atom stereocenters. The van der Waals surface area contributed by atoms with Gasteiger partial charge in [-0.2, -0.15) is 18.2 Å². The maximum atomic E-state index is 4.93. The number of halogens is 2. The van der Waals surface area contributed by atoms with Crippen molar-refractivity contribution >= 4 is 36.9 Å². The summed E-state index contributed by atoms with van der Waals surface area (Å²) < 4.78 is 0. The standard InChI is InChI=1S/C12H11Si.C5H5.2ClH.Zr/c1-3-7-11(8-4-1)13-12-9-5-2-6-10-12;1-2-4-5-3-1;;;/h1-10,13H;1-5H;2*1H;/q;-1;;;+2/p-2. The van der Waals surface area contributed by atoms with Gasteiger partial charge in [0.1, 0.15) is 9.52 Å². The zero-order valence-electron chi connectivity index (χ0n) is 11.5. The van der Waals surface area contributed by atoms with Crippen molar-refractivity contribution in [3.63, 3.8) is 0 Å². The topological polar surface area (TPSA) is 0 Å². The third kappa shape index (κ3) is 9.92. The van der Waals surface area contributed by atoms with Gasteiger partial charge in [0.2, 0.25) is 0 Å². The van der Waals surface area contributed by atoms with Crippen LogP contribution in [0.2, 0.25) is 0 Å². The number of hydrogen-bond donors (Lipinski definition) is 0. The first kappa shape index (κ1) is 18.5. The molecule has 0 N–H and O–H groups in total. The Hall–Kier alpha value is -0.530. The first-order valence-corrected chi connectivity index (χ1v) is 13.9. The molecule has 0 spiro atoms. The molecular formula is C17H16Cl2SiZr-. The second-order valence-electron chi connectivity index (χ2n) is 4.00. The summed E-state index contributed by atoms with van der Waals surface area (Å²) in [7, 11) is 10.1. The van der Waals surface area contributed by atoms with E-state index in [0.717, 1.165) is 0 Å². The molecule has 0 saturated heterocycles. The molecule has 0 heterocycles. The molecule has 0 aromatic heterocycles. The van der Waals surface area contributed by atoms with Crippen LogP contribution >= 0.6 is 17.0 Å². The molecule has 21 heavy (non-hydrogen) atoms. The zero-order chi connectivity index (χ0) is 15.2. The smallest absolute Gasteiger partial charge is 0.103 e. The summed E-state index contributed by atoms with van der Waals surface area (Å²) in [5.41, 5.74) is 0. The molecule has 0 amide bonds. The van der Waals surface area contributed by atoms with Gasteiger partial charge in [-0.05, 0) is 0 Å². The SMILES string of the molecule is [Cl][Zr][Cl].c1cc[cH-]c1.c1ccc([SiH]c2ccccc2)cc1. The van der Waals surface area contributed by atoms with Crippen LogP contribution in [-0.2, 0) is 20.8 Å². The van der Waals surface area contributed by atoms with Crippen LogP contribution < -0.4 is 10.4 Å². The molecule has 0 nitrogen and oxygen atoms in total. The Labute approximate surface area is 148 Å². The van der Waals surface area contributed by atoms with Gasteiger partial charge < -0.3 is 0 Å². The molecule has 0 aliphatic carbocycles. The van der Waals surface area contributed by atoms with Crippen molar-refractivity contribution in [3.8, 4) is 0 Å². The van der Waals surface area contributed by atoms with Crippen LogP contribution in [0.3, 0.4) is 0 Å². The second kappa shape index (κ2) is 13.2. The van der Waals surface area contributed by atoms with E-state index in [4.69, 9.17) is 17.0 Å². The second-order valence-corrected chi connectivity index (χ2v) is 9.35. The summed E-state index contributed by atoms with van der Waals surface area (Å²) in [5, 5.41) is 2.90. The molecule has 0 atom stereocenters. The van der Waals surface area contributed by atoms with Crippen LogP contribution in [0.25, 0.3) is 0 Å². The van der Waals surface area contributed by atoms with Gasteiger partial charge in [0, 0.05) is 0 Å². The maximum absolute atomic E-state index is 4.93. The van der Waals surface area contributed by atoms with Gasteiger partial charge >= 0.3 is 37.9 Å². The molecule has 1 radical (unpaired) electrons. The summed E-state index contributed by atoms with van der Waals surface area (Å²) in [4.78, 5) is 0. The molecule has 0 aliphatic rings. The molecule has 3 aromatic carbocycles. The van der Waals surface area contributed by atoms with Gasteiger partial charge in [0.05, 0.1) is 0 Å². The quantitative estimate of drug-likeness (QED) is 0.445. The van der Waals surface area contributed by atoms with E-state index >= 15 is 0 Å². The summed E-state index contributed by atoms with van der Waals surface area (Å²) in [5.74, 6) is 0. The van der Waals surface area contributed by atoms with E-state index in [1.165, 1.54) is 10.4 Å². The van der Waals surface area contributed by atoms with E-state index < -0.39 is 20.8 Å². The van der Waals surface area contributed by atoms with Crippen LogP contribution in [0.4, 0.5) is 0 Å². The van der Waals surface area contributed by atoms with Crippen molar-refractivity contribution in [3.05, 3.63) is 91.0 Å². The Balaban J connectivity index is 0.000000228. The fourth-order valence-electron chi connectivity index (χ4n) is 1.61. The van der Waals surface area contributed by atoms with E-state index in [2.05, 4.69) is 60.7 Å². The van der Waals surface area contributed by atoms with Crippen molar-refractivity contribution in [1.82, 2.24) is 0 Å². The van der Waals surface area contributed by atoms with Crippen molar-refractivity contribution in [2.75, 3.05) is 0 Å². The van der Waals surface area contributed by atoms with Crippen LogP contribution in [0.5, 0.6) is 0 Å². The monoisotopic (exact) mass is 408 g/mol. The minimum atomic E-state index is -0.826. The Morgan fingerprint density at radius 1 is 0.667 bits per heavy atom. The number of rotatable bonds is 2. The molecule has 0 aliphatic heterocycles. The third-order valence-corrected chi connectivity index (χ3v) is 3.92. The minimum absolute atomic E-state index is 0.271. The van der Waals surface area contributed by atoms with Gasteiger partial charge in [-0.25, -0.2) is 12.1 Å². The summed E-state index contributed by atoms with van der Waals surface area (Å²) in [6.07, 6.45) is 0. The number of benzene rings is 2. The average Bonchev–Trinajstić information content (AvgIpc) is 3.10. The molecule has 107 valence electrons. The fraction of sp³-hybridized carbons (Fsp3) is 0. The summed E-state index contributed by atoms with van der Waals surface area (Å²) in [6, 6.07) is 31.3. The summed E-state index contributed by atoms with van der Waals surface area (Å²) >= 11 is -0.826. The molecule has 0 fully saturated rings. The molecular weight excluding hydrogens is 394 g/mol. The van der Waals surface area contributed by atoms with Crippen molar-refractivity contribution < 1.29 is 20.8 Å². The predicted molar refractivity (Wildman–Crippen MR) is 93.0 cm³/mol. The zero-order valence-corrected chi connectivity index (χ0v) is 16.6. The molecule has 3 rings (SSSR count). The Morgan fingerprint density at radius 2 is 1.05 bits per heavy atom. The predicted octanol–water partition coefficient (Wildman–Crippen LogP) is 3.86. The van der Waals surface area contributed by atoms with E-state index in [1.54, 1.807) is 0 Å². The van der Waals surface area contributed by atoms with Crippen LogP contribution in [0.15, 0.2) is 91.0 Å². The third-order valence-electron chi connectivity index (χ3n) is 2.49. The van der Waals surface area contributed by atoms with E-state index in [1.807, 2.05) is 30.3 Å². The van der Waals surface area contributed by atoms with Crippen LogP contribution in [0, 0.1) is 0 Å². The van der Waals surface area contributed by atoms with Gasteiger partial charge in [0.15, 0.2) is 0 Å². The van der Waals surface area contributed by atoms with Crippen molar-refractivity contribution in [1.29, 1.82) is 0 Å². The Bertz CT molecular complexity index is 487. The van der Waals surface area contributed by atoms with Crippen LogP contribution in [0.1, 0.15) is 0 Å². The minimum Gasteiger partial charge on any atom is -0.214 e.